The lowest BCUT2D eigenvalue weighted by Crippen LogP contribution is -2.27. The molecule has 1 aromatic rings. The highest BCUT2D eigenvalue weighted by Crippen LogP contribution is 2.25. The van der Waals surface area contributed by atoms with Crippen molar-refractivity contribution in [2.75, 3.05) is 33.0 Å². The summed E-state index contributed by atoms with van der Waals surface area (Å²) in [4.78, 5) is 19.2. The Morgan fingerprint density at radius 3 is 2.90 bits per heavy atom. The molecule has 0 radical (unpaired) electrons. The zero-order valence-electron chi connectivity index (χ0n) is 13.2. The first-order chi connectivity index (χ1) is 10.1. The summed E-state index contributed by atoms with van der Waals surface area (Å²) in [5.41, 5.74) is 0.856. The minimum Gasteiger partial charge on any atom is -0.476 e. The third kappa shape index (κ3) is 4.23. The van der Waals surface area contributed by atoms with Gasteiger partial charge in [0, 0.05) is 18.8 Å². The summed E-state index contributed by atoms with van der Waals surface area (Å²) < 4.78 is 7.60. The van der Waals surface area contributed by atoms with Crippen molar-refractivity contribution in [2.45, 2.75) is 44.3 Å². The smallest absolute Gasteiger partial charge is 0.261 e. The van der Waals surface area contributed by atoms with Crippen molar-refractivity contribution >= 4 is 11.8 Å². The van der Waals surface area contributed by atoms with Gasteiger partial charge >= 0.3 is 0 Å². The summed E-state index contributed by atoms with van der Waals surface area (Å²) in [6.07, 6.45) is 4.06. The first-order valence-electron chi connectivity index (χ1n) is 7.67. The van der Waals surface area contributed by atoms with Gasteiger partial charge in [-0.25, -0.2) is 0 Å². The number of unbranched alkanes of at least 4 members (excludes halogenated alkanes) is 2. The molecule has 0 unspecified atom stereocenters. The molecule has 0 saturated carbocycles. The van der Waals surface area contributed by atoms with E-state index in [0.29, 0.717) is 12.5 Å². The van der Waals surface area contributed by atoms with Crippen LogP contribution in [-0.2, 0) is 13.0 Å². The minimum atomic E-state index is 0.0981. The number of hydrogen-bond donors (Lipinski definition) is 0. The molecular weight excluding hydrogens is 286 g/mol. The Labute approximate surface area is 130 Å². The number of aromatic nitrogens is 2. The van der Waals surface area contributed by atoms with E-state index >= 15 is 0 Å². The molecular formula is C15H25N3O2S. The molecule has 0 N–H and O–H groups in total. The van der Waals surface area contributed by atoms with E-state index in [1.165, 1.54) is 0 Å². The van der Waals surface area contributed by atoms with Crippen molar-refractivity contribution in [1.29, 1.82) is 0 Å². The molecule has 2 heterocycles. The molecule has 0 aromatic carbocycles. The molecule has 0 fully saturated rings. The molecule has 0 bridgehead atoms. The highest BCUT2D eigenvalue weighted by molar-refractivity contribution is 7.99. The van der Waals surface area contributed by atoms with Crippen molar-refractivity contribution in [2.24, 2.45) is 0 Å². The molecule has 0 aliphatic carbocycles. The Morgan fingerprint density at radius 1 is 1.38 bits per heavy atom. The van der Waals surface area contributed by atoms with Crippen molar-refractivity contribution in [3.63, 3.8) is 0 Å². The van der Waals surface area contributed by atoms with Crippen LogP contribution in [0, 0.1) is 0 Å². The number of thioether (sulfide) groups is 1. The molecule has 0 saturated heterocycles. The molecule has 0 amide bonds. The van der Waals surface area contributed by atoms with Crippen LogP contribution >= 0.6 is 11.8 Å². The number of hydrogen-bond acceptors (Lipinski definition) is 5. The van der Waals surface area contributed by atoms with Crippen LogP contribution < -0.4 is 10.3 Å². The molecule has 1 aromatic heterocycles. The highest BCUT2D eigenvalue weighted by atomic mass is 32.2. The van der Waals surface area contributed by atoms with Crippen molar-refractivity contribution in [3.8, 4) is 5.88 Å². The molecule has 2 rings (SSSR count). The van der Waals surface area contributed by atoms with Crippen LogP contribution in [0.3, 0.4) is 0 Å². The maximum Gasteiger partial charge on any atom is 0.261 e. The van der Waals surface area contributed by atoms with Gasteiger partial charge in [0.1, 0.15) is 6.61 Å². The Kier molecular flexibility index (Phi) is 6.11. The van der Waals surface area contributed by atoms with Crippen LogP contribution in [0.2, 0.25) is 0 Å². The third-order valence-corrected chi connectivity index (χ3v) is 4.50. The SMILES string of the molecule is CCCCCc1c(OCCN(C)C)nc2n(c1=O)CCS2. The molecule has 21 heavy (non-hydrogen) atoms. The average molecular weight is 311 g/mol. The molecule has 1 aliphatic heterocycles. The fourth-order valence-corrected chi connectivity index (χ4v) is 3.24. The lowest BCUT2D eigenvalue weighted by atomic mass is 10.1. The first-order valence-corrected chi connectivity index (χ1v) is 8.66. The topological polar surface area (TPSA) is 47.4 Å². The van der Waals surface area contributed by atoms with Crippen LogP contribution in [0.5, 0.6) is 5.88 Å². The third-order valence-electron chi connectivity index (χ3n) is 3.54. The Bertz CT molecular complexity index is 528. The number of ether oxygens (including phenoxy) is 1. The normalized spacial score (nSPS) is 13.7. The quantitative estimate of drug-likeness (QED) is 0.543. The van der Waals surface area contributed by atoms with Gasteiger partial charge in [0.25, 0.3) is 5.56 Å². The van der Waals surface area contributed by atoms with E-state index in [-0.39, 0.29) is 5.56 Å². The number of fused-ring (bicyclic) bond motifs is 1. The Morgan fingerprint density at radius 2 is 2.19 bits per heavy atom. The average Bonchev–Trinajstić information content (AvgIpc) is 2.90. The summed E-state index contributed by atoms with van der Waals surface area (Å²) in [5.74, 6) is 1.48. The van der Waals surface area contributed by atoms with Crippen LogP contribution in [0.15, 0.2) is 9.95 Å². The van der Waals surface area contributed by atoms with Gasteiger partial charge in [0.15, 0.2) is 5.16 Å². The Hall–Kier alpha value is -1.01. The van der Waals surface area contributed by atoms with E-state index in [2.05, 4.69) is 16.8 Å². The Balaban J connectivity index is 2.19. The molecule has 1 aliphatic rings. The van der Waals surface area contributed by atoms with Gasteiger partial charge in [0.2, 0.25) is 5.88 Å². The van der Waals surface area contributed by atoms with E-state index in [4.69, 9.17) is 4.74 Å². The fourth-order valence-electron chi connectivity index (χ4n) is 2.30. The second-order valence-electron chi connectivity index (χ2n) is 5.59. The van der Waals surface area contributed by atoms with Crippen LogP contribution in [0.4, 0.5) is 0 Å². The summed E-state index contributed by atoms with van der Waals surface area (Å²) in [6, 6.07) is 0. The zero-order chi connectivity index (χ0) is 15.2. The van der Waals surface area contributed by atoms with Gasteiger partial charge in [-0.1, -0.05) is 31.5 Å². The number of rotatable bonds is 8. The van der Waals surface area contributed by atoms with Crippen molar-refractivity contribution in [1.82, 2.24) is 14.5 Å². The molecule has 5 nitrogen and oxygen atoms in total. The molecule has 0 spiro atoms. The summed E-state index contributed by atoms with van der Waals surface area (Å²) >= 11 is 1.63. The van der Waals surface area contributed by atoms with Gasteiger partial charge in [-0.3, -0.25) is 9.36 Å². The van der Waals surface area contributed by atoms with E-state index in [1.54, 1.807) is 16.3 Å². The maximum atomic E-state index is 12.6. The van der Waals surface area contributed by atoms with Crippen molar-refractivity contribution in [3.05, 3.63) is 15.9 Å². The minimum absolute atomic E-state index is 0.0981. The molecule has 118 valence electrons. The summed E-state index contributed by atoms with van der Waals surface area (Å²) in [7, 11) is 4.01. The number of nitrogens with zero attached hydrogens (tertiary/aromatic N) is 3. The zero-order valence-corrected chi connectivity index (χ0v) is 14.0. The lowest BCUT2D eigenvalue weighted by molar-refractivity contribution is 0.248. The highest BCUT2D eigenvalue weighted by Gasteiger charge is 2.21. The van der Waals surface area contributed by atoms with Crippen LogP contribution in [0.1, 0.15) is 31.7 Å². The largest absolute Gasteiger partial charge is 0.476 e. The number of likely N-dealkylation sites (N-methyl/N-ethyl adjacent to an activating group) is 1. The van der Waals surface area contributed by atoms with E-state index in [1.807, 2.05) is 14.1 Å². The summed E-state index contributed by atoms with van der Waals surface area (Å²) in [5, 5.41) is 0.805. The fraction of sp³-hybridized carbons (Fsp3) is 0.733. The van der Waals surface area contributed by atoms with Gasteiger partial charge in [-0.2, -0.15) is 4.98 Å². The second kappa shape index (κ2) is 7.84. The predicted molar refractivity (Wildman–Crippen MR) is 86.5 cm³/mol. The van der Waals surface area contributed by atoms with Crippen LogP contribution in [-0.4, -0.2) is 47.5 Å². The van der Waals surface area contributed by atoms with Gasteiger partial charge < -0.3 is 9.64 Å². The maximum absolute atomic E-state index is 12.6. The van der Waals surface area contributed by atoms with Gasteiger partial charge in [0.05, 0.1) is 5.56 Å². The lowest BCUT2D eigenvalue weighted by Gasteiger charge is -2.14. The van der Waals surface area contributed by atoms with Crippen molar-refractivity contribution < 1.29 is 4.74 Å². The molecule has 6 heteroatoms. The van der Waals surface area contributed by atoms with Crippen LogP contribution in [0.25, 0.3) is 0 Å². The predicted octanol–water partition coefficient (Wildman–Crippen LogP) is 2.02. The first kappa shape index (κ1) is 16.4. The summed E-state index contributed by atoms with van der Waals surface area (Å²) in [6.45, 7) is 4.32. The van der Waals surface area contributed by atoms with E-state index in [9.17, 15) is 4.79 Å². The van der Waals surface area contributed by atoms with E-state index in [0.717, 1.165) is 55.2 Å². The van der Waals surface area contributed by atoms with Gasteiger partial charge in [-0.05, 0) is 26.9 Å². The molecule has 0 atom stereocenters. The van der Waals surface area contributed by atoms with E-state index < -0.39 is 0 Å². The van der Waals surface area contributed by atoms with Gasteiger partial charge in [-0.15, -0.1) is 0 Å². The second-order valence-corrected chi connectivity index (χ2v) is 6.65. The standard InChI is InChI=1S/C15H25N3O2S/c1-4-5-6-7-12-13(20-10-8-17(2)3)16-15-18(14(12)19)9-11-21-15/h4-11H2,1-3H3. The monoisotopic (exact) mass is 311 g/mol.